The van der Waals surface area contributed by atoms with Crippen molar-refractivity contribution < 1.29 is 9.53 Å². The number of para-hydroxylation sites is 1. The Morgan fingerprint density at radius 1 is 1.03 bits per heavy atom. The average Bonchev–Trinajstić information content (AvgIpc) is 3.18. The molecular weight excluding hydrogens is 470 g/mol. The van der Waals surface area contributed by atoms with Crippen molar-refractivity contribution in [1.29, 1.82) is 0 Å². The van der Waals surface area contributed by atoms with Crippen LogP contribution in [0.4, 0.5) is 5.69 Å². The third-order valence-corrected chi connectivity index (χ3v) is 7.05. The first kappa shape index (κ1) is 23.5. The predicted molar refractivity (Wildman–Crippen MR) is 143 cm³/mol. The van der Waals surface area contributed by atoms with Gasteiger partial charge in [-0.25, -0.2) is 4.99 Å². The summed E-state index contributed by atoms with van der Waals surface area (Å²) in [6, 6.07) is 24.1. The quantitative estimate of drug-likeness (QED) is 0.451. The van der Waals surface area contributed by atoms with Crippen molar-refractivity contribution in [3.8, 4) is 5.75 Å². The third kappa shape index (κ3) is 4.53. The van der Waals surface area contributed by atoms with Crippen LogP contribution in [0.3, 0.4) is 0 Å². The molecule has 5 rings (SSSR count). The van der Waals surface area contributed by atoms with Crippen LogP contribution >= 0.6 is 11.3 Å². The fraction of sp³-hybridized carbons (Fsp3) is 0.138. The van der Waals surface area contributed by atoms with E-state index in [0.29, 0.717) is 32.0 Å². The Morgan fingerprint density at radius 2 is 1.78 bits per heavy atom. The van der Waals surface area contributed by atoms with Crippen LogP contribution in [0.5, 0.6) is 5.75 Å². The van der Waals surface area contributed by atoms with Crippen LogP contribution in [0.2, 0.25) is 0 Å². The first-order chi connectivity index (χ1) is 17.4. The number of methoxy groups -OCH3 is 1. The SMILES string of the molecule is COc1ccc([C@H]2C(C(=O)Nc3ccccc3)=C(C)N=c3sc(=Cc4cccc(C)c4)c(=O)n32)cc1. The van der Waals surface area contributed by atoms with E-state index in [0.717, 1.165) is 16.7 Å². The van der Waals surface area contributed by atoms with Gasteiger partial charge in [0.25, 0.3) is 11.5 Å². The van der Waals surface area contributed by atoms with E-state index in [2.05, 4.69) is 5.32 Å². The number of aryl methyl sites for hydroxylation is 1. The second-order valence-corrected chi connectivity index (χ2v) is 9.60. The number of aromatic nitrogens is 1. The fourth-order valence-corrected chi connectivity index (χ4v) is 5.39. The molecule has 1 N–H and O–H groups in total. The average molecular weight is 496 g/mol. The summed E-state index contributed by atoms with van der Waals surface area (Å²) in [6.45, 7) is 3.83. The van der Waals surface area contributed by atoms with Crippen molar-refractivity contribution in [3.63, 3.8) is 0 Å². The summed E-state index contributed by atoms with van der Waals surface area (Å²) in [5.74, 6) is 0.401. The number of hydrogen-bond donors (Lipinski definition) is 1. The van der Waals surface area contributed by atoms with Crippen molar-refractivity contribution in [2.24, 2.45) is 4.99 Å². The Kier molecular flexibility index (Phi) is 6.40. The van der Waals surface area contributed by atoms with Gasteiger partial charge in [0.05, 0.1) is 29.0 Å². The molecule has 4 aromatic rings. The van der Waals surface area contributed by atoms with Crippen molar-refractivity contribution in [2.45, 2.75) is 19.9 Å². The molecule has 36 heavy (non-hydrogen) atoms. The summed E-state index contributed by atoms with van der Waals surface area (Å²) in [6.07, 6.45) is 1.88. The van der Waals surface area contributed by atoms with E-state index in [4.69, 9.17) is 9.73 Å². The van der Waals surface area contributed by atoms with Crippen molar-refractivity contribution in [2.75, 3.05) is 12.4 Å². The molecule has 2 heterocycles. The number of rotatable bonds is 5. The standard InChI is InChI=1S/C29H25N3O3S/c1-18-8-7-9-20(16-18)17-24-28(34)32-26(21-12-14-23(35-3)15-13-21)25(19(2)30-29(32)36-24)27(33)31-22-10-5-4-6-11-22/h4-17,26H,1-3H3,(H,31,33)/t26-/m0/s1. The largest absolute Gasteiger partial charge is 0.497 e. The number of hydrogen-bond acceptors (Lipinski definition) is 5. The number of thiazole rings is 1. The number of nitrogens with one attached hydrogen (secondary N) is 1. The molecule has 0 bridgehead atoms. The Hall–Kier alpha value is -4.23. The van der Waals surface area contributed by atoms with Gasteiger partial charge in [-0.2, -0.15) is 0 Å². The van der Waals surface area contributed by atoms with Crippen LogP contribution in [-0.4, -0.2) is 17.6 Å². The minimum atomic E-state index is -0.629. The molecule has 0 saturated heterocycles. The summed E-state index contributed by atoms with van der Waals surface area (Å²) in [5, 5.41) is 2.97. The van der Waals surface area contributed by atoms with E-state index in [1.807, 2.05) is 98.8 Å². The van der Waals surface area contributed by atoms with Crippen LogP contribution in [0.15, 0.2) is 99.9 Å². The molecule has 1 aliphatic heterocycles. The van der Waals surface area contributed by atoms with Gasteiger partial charge in [-0.1, -0.05) is 71.5 Å². The molecule has 3 aromatic carbocycles. The molecule has 1 aromatic heterocycles. The number of amides is 1. The molecule has 0 fully saturated rings. The molecular formula is C29H25N3O3S. The topological polar surface area (TPSA) is 72.7 Å². The predicted octanol–water partition coefficient (Wildman–Crippen LogP) is 4.19. The van der Waals surface area contributed by atoms with Gasteiger partial charge in [-0.3, -0.25) is 14.2 Å². The second-order valence-electron chi connectivity index (χ2n) is 8.59. The van der Waals surface area contributed by atoms with Crippen molar-refractivity contribution in [3.05, 3.63) is 127 Å². The number of nitrogens with zero attached hydrogens (tertiary/aromatic N) is 2. The van der Waals surface area contributed by atoms with E-state index in [9.17, 15) is 9.59 Å². The molecule has 1 atom stereocenters. The van der Waals surface area contributed by atoms with E-state index < -0.39 is 6.04 Å². The van der Waals surface area contributed by atoms with E-state index >= 15 is 0 Å². The highest BCUT2D eigenvalue weighted by atomic mass is 32.1. The summed E-state index contributed by atoms with van der Waals surface area (Å²) < 4.78 is 7.51. The lowest BCUT2D eigenvalue weighted by molar-refractivity contribution is -0.113. The molecule has 0 unspecified atom stereocenters. The zero-order valence-electron chi connectivity index (χ0n) is 20.2. The molecule has 0 saturated carbocycles. The zero-order valence-corrected chi connectivity index (χ0v) is 21.0. The Bertz CT molecular complexity index is 1650. The van der Waals surface area contributed by atoms with E-state index in [1.54, 1.807) is 11.7 Å². The summed E-state index contributed by atoms with van der Waals surface area (Å²) in [5.41, 5.74) is 4.35. The fourth-order valence-electron chi connectivity index (χ4n) is 4.34. The Labute approximate surface area is 212 Å². The minimum Gasteiger partial charge on any atom is -0.497 e. The van der Waals surface area contributed by atoms with Crippen LogP contribution in [0.1, 0.15) is 29.7 Å². The maximum absolute atomic E-state index is 13.7. The van der Waals surface area contributed by atoms with Gasteiger partial charge in [0.2, 0.25) is 0 Å². The van der Waals surface area contributed by atoms with Gasteiger partial charge in [0.15, 0.2) is 4.80 Å². The summed E-state index contributed by atoms with van der Waals surface area (Å²) in [4.78, 5) is 32.6. The highest BCUT2D eigenvalue weighted by molar-refractivity contribution is 7.07. The number of fused-ring (bicyclic) bond motifs is 1. The van der Waals surface area contributed by atoms with Crippen molar-refractivity contribution >= 4 is 29.0 Å². The molecule has 180 valence electrons. The highest BCUT2D eigenvalue weighted by Crippen LogP contribution is 2.31. The zero-order chi connectivity index (χ0) is 25.2. The number of anilines is 1. The van der Waals surface area contributed by atoms with Gasteiger partial charge < -0.3 is 10.1 Å². The lowest BCUT2D eigenvalue weighted by Gasteiger charge is -2.25. The smallest absolute Gasteiger partial charge is 0.271 e. The molecule has 7 heteroatoms. The Balaban J connectivity index is 1.68. The second kappa shape index (κ2) is 9.79. The molecule has 6 nitrogen and oxygen atoms in total. The van der Waals surface area contributed by atoms with Crippen LogP contribution < -0.4 is 24.9 Å². The van der Waals surface area contributed by atoms with Gasteiger partial charge in [0, 0.05) is 5.69 Å². The maximum Gasteiger partial charge on any atom is 0.271 e. The Morgan fingerprint density at radius 3 is 2.47 bits per heavy atom. The highest BCUT2D eigenvalue weighted by Gasteiger charge is 2.32. The van der Waals surface area contributed by atoms with Gasteiger partial charge in [-0.05, 0) is 55.3 Å². The summed E-state index contributed by atoms with van der Waals surface area (Å²) in [7, 11) is 1.60. The number of ether oxygens (including phenoxy) is 1. The monoisotopic (exact) mass is 495 g/mol. The van der Waals surface area contributed by atoms with Crippen LogP contribution in [0, 0.1) is 6.92 Å². The number of carbonyl (C=O) groups excluding carboxylic acids is 1. The third-order valence-electron chi connectivity index (χ3n) is 6.07. The minimum absolute atomic E-state index is 0.182. The number of allylic oxidation sites excluding steroid dienone is 1. The number of carbonyl (C=O) groups is 1. The lowest BCUT2D eigenvalue weighted by Crippen LogP contribution is -2.40. The molecule has 0 radical (unpaired) electrons. The molecule has 1 aliphatic rings. The molecule has 1 amide bonds. The van der Waals surface area contributed by atoms with Gasteiger partial charge >= 0.3 is 0 Å². The first-order valence-electron chi connectivity index (χ1n) is 11.5. The number of benzene rings is 3. The van der Waals surface area contributed by atoms with Crippen molar-refractivity contribution in [1.82, 2.24) is 4.57 Å². The summed E-state index contributed by atoms with van der Waals surface area (Å²) >= 11 is 1.33. The van der Waals surface area contributed by atoms with Crippen LogP contribution in [-0.2, 0) is 4.79 Å². The lowest BCUT2D eigenvalue weighted by atomic mass is 9.95. The first-order valence-corrected chi connectivity index (χ1v) is 12.4. The molecule has 0 spiro atoms. The van der Waals surface area contributed by atoms with Crippen LogP contribution in [0.25, 0.3) is 6.08 Å². The normalized spacial score (nSPS) is 15.3. The van der Waals surface area contributed by atoms with Gasteiger partial charge in [0.1, 0.15) is 5.75 Å². The maximum atomic E-state index is 13.7. The van der Waals surface area contributed by atoms with E-state index in [1.165, 1.54) is 11.3 Å². The molecule has 0 aliphatic carbocycles. The van der Waals surface area contributed by atoms with E-state index in [-0.39, 0.29) is 11.5 Å². The van der Waals surface area contributed by atoms with Gasteiger partial charge in [-0.15, -0.1) is 0 Å².